The van der Waals surface area contributed by atoms with Gasteiger partial charge in [-0.2, -0.15) is 0 Å². The number of thiophene rings is 1. The molecule has 21 heavy (non-hydrogen) atoms. The minimum absolute atomic E-state index is 0.0354. The number of benzene rings is 1. The summed E-state index contributed by atoms with van der Waals surface area (Å²) in [4.78, 5) is 14.4. The number of hydrogen-bond donors (Lipinski definition) is 1. The van der Waals surface area contributed by atoms with Crippen LogP contribution >= 0.6 is 11.3 Å². The summed E-state index contributed by atoms with van der Waals surface area (Å²) in [6.45, 7) is 5.60. The van der Waals surface area contributed by atoms with Crippen LogP contribution in [0, 0.1) is 13.8 Å². The Labute approximate surface area is 127 Å². The highest BCUT2D eigenvalue weighted by Crippen LogP contribution is 2.30. The highest BCUT2D eigenvalue weighted by Gasteiger charge is 2.14. The first-order valence-corrected chi connectivity index (χ1v) is 7.69. The van der Waals surface area contributed by atoms with Gasteiger partial charge in [0, 0.05) is 16.3 Å². The molecule has 2 aromatic rings. The fourth-order valence-electron chi connectivity index (χ4n) is 2.33. The second-order valence-corrected chi connectivity index (χ2v) is 6.45. The molecule has 1 amide bonds. The standard InChI is InChI=1S/C16H17NO3S/c1-10-7-13(11(2)21-10)16(18)17-9-12-3-4-14-15(8-12)20-6-5-19-14/h3-4,7-8H,5-6,9H2,1-2H3,(H,17,18). The number of carbonyl (C=O) groups excluding carboxylic acids is 1. The number of nitrogens with one attached hydrogen (secondary N) is 1. The van der Waals surface area contributed by atoms with E-state index in [1.165, 1.54) is 0 Å². The largest absolute Gasteiger partial charge is 0.486 e. The average molecular weight is 303 g/mol. The first-order valence-electron chi connectivity index (χ1n) is 6.87. The normalized spacial score (nSPS) is 13.0. The molecule has 1 N–H and O–H groups in total. The maximum absolute atomic E-state index is 12.2. The number of amides is 1. The molecule has 5 heteroatoms. The van der Waals surface area contributed by atoms with Gasteiger partial charge in [-0.3, -0.25) is 4.79 Å². The van der Waals surface area contributed by atoms with Gasteiger partial charge >= 0.3 is 0 Å². The molecule has 0 saturated heterocycles. The third-order valence-electron chi connectivity index (χ3n) is 3.35. The van der Waals surface area contributed by atoms with Crippen molar-refractivity contribution in [3.8, 4) is 11.5 Å². The van der Waals surface area contributed by atoms with Crippen molar-refractivity contribution < 1.29 is 14.3 Å². The molecular formula is C16H17NO3S. The Kier molecular flexibility index (Phi) is 3.84. The first kappa shape index (κ1) is 13.9. The molecule has 0 saturated carbocycles. The van der Waals surface area contributed by atoms with Gasteiger partial charge in [-0.25, -0.2) is 0 Å². The molecular weight excluding hydrogens is 286 g/mol. The topological polar surface area (TPSA) is 47.6 Å². The Morgan fingerprint density at radius 3 is 2.67 bits per heavy atom. The summed E-state index contributed by atoms with van der Waals surface area (Å²) in [5.74, 6) is 1.47. The molecule has 110 valence electrons. The molecule has 0 unspecified atom stereocenters. The monoisotopic (exact) mass is 303 g/mol. The molecule has 0 atom stereocenters. The van der Waals surface area contributed by atoms with Crippen LogP contribution in [0.25, 0.3) is 0 Å². The second kappa shape index (κ2) is 5.77. The maximum atomic E-state index is 12.2. The van der Waals surface area contributed by atoms with Crippen LogP contribution in [0.1, 0.15) is 25.7 Å². The minimum atomic E-state index is -0.0354. The van der Waals surface area contributed by atoms with E-state index < -0.39 is 0 Å². The molecule has 2 heterocycles. The van der Waals surface area contributed by atoms with E-state index in [0.29, 0.717) is 19.8 Å². The molecule has 0 bridgehead atoms. The molecule has 0 spiro atoms. The van der Waals surface area contributed by atoms with Gasteiger partial charge in [0.1, 0.15) is 13.2 Å². The van der Waals surface area contributed by atoms with E-state index in [9.17, 15) is 4.79 Å². The van der Waals surface area contributed by atoms with E-state index in [0.717, 1.165) is 32.4 Å². The van der Waals surface area contributed by atoms with Crippen molar-refractivity contribution in [3.05, 3.63) is 45.1 Å². The van der Waals surface area contributed by atoms with Gasteiger partial charge < -0.3 is 14.8 Å². The van der Waals surface area contributed by atoms with Crippen LogP contribution in [0.15, 0.2) is 24.3 Å². The van der Waals surface area contributed by atoms with Gasteiger partial charge in [-0.05, 0) is 37.6 Å². The molecule has 0 fully saturated rings. The fraction of sp³-hybridized carbons (Fsp3) is 0.312. The number of carbonyl (C=O) groups is 1. The van der Waals surface area contributed by atoms with Crippen LogP contribution in [0.4, 0.5) is 0 Å². The summed E-state index contributed by atoms with van der Waals surface area (Å²) in [5.41, 5.74) is 1.76. The number of fused-ring (bicyclic) bond motifs is 1. The smallest absolute Gasteiger partial charge is 0.252 e. The van der Waals surface area contributed by atoms with Gasteiger partial charge in [0.15, 0.2) is 11.5 Å². The predicted molar refractivity (Wildman–Crippen MR) is 82.4 cm³/mol. The van der Waals surface area contributed by atoms with Crippen LogP contribution < -0.4 is 14.8 Å². The summed E-state index contributed by atoms with van der Waals surface area (Å²) in [5, 5.41) is 2.95. The lowest BCUT2D eigenvalue weighted by Crippen LogP contribution is -2.23. The first-order chi connectivity index (χ1) is 10.1. The Hall–Kier alpha value is -2.01. The summed E-state index contributed by atoms with van der Waals surface area (Å²) in [7, 11) is 0. The van der Waals surface area contributed by atoms with Crippen molar-refractivity contribution in [2.24, 2.45) is 0 Å². The Morgan fingerprint density at radius 2 is 1.95 bits per heavy atom. The van der Waals surface area contributed by atoms with Gasteiger partial charge in [0.05, 0.1) is 5.56 Å². The number of ether oxygens (including phenoxy) is 2. The van der Waals surface area contributed by atoms with E-state index in [4.69, 9.17) is 9.47 Å². The average Bonchev–Trinajstić information content (AvgIpc) is 2.83. The van der Waals surface area contributed by atoms with Gasteiger partial charge in [-0.1, -0.05) is 6.07 Å². The van der Waals surface area contributed by atoms with Gasteiger partial charge in [-0.15, -0.1) is 11.3 Å². The lowest BCUT2D eigenvalue weighted by Gasteiger charge is -2.19. The van der Waals surface area contributed by atoms with Crippen LogP contribution in [-0.2, 0) is 6.54 Å². The SMILES string of the molecule is Cc1cc(C(=O)NCc2ccc3c(c2)OCCO3)c(C)s1. The summed E-state index contributed by atoms with van der Waals surface area (Å²) < 4.78 is 11.0. The van der Waals surface area contributed by atoms with E-state index >= 15 is 0 Å². The Bertz CT molecular complexity index is 678. The molecule has 1 aliphatic heterocycles. The molecule has 1 aromatic carbocycles. The quantitative estimate of drug-likeness (QED) is 0.948. The summed E-state index contributed by atoms with van der Waals surface area (Å²) in [6.07, 6.45) is 0. The van der Waals surface area contributed by atoms with E-state index in [1.807, 2.05) is 38.1 Å². The van der Waals surface area contributed by atoms with Gasteiger partial charge in [0.2, 0.25) is 0 Å². The molecule has 1 aromatic heterocycles. The van der Waals surface area contributed by atoms with Crippen LogP contribution in [0.5, 0.6) is 11.5 Å². The molecule has 0 radical (unpaired) electrons. The van der Waals surface area contributed by atoms with Crippen molar-refractivity contribution >= 4 is 17.2 Å². The van der Waals surface area contributed by atoms with Crippen molar-refractivity contribution in [2.45, 2.75) is 20.4 Å². The van der Waals surface area contributed by atoms with Crippen molar-refractivity contribution in [1.29, 1.82) is 0 Å². The predicted octanol–water partition coefficient (Wildman–Crippen LogP) is 3.07. The van der Waals surface area contributed by atoms with Crippen molar-refractivity contribution in [2.75, 3.05) is 13.2 Å². The lowest BCUT2D eigenvalue weighted by molar-refractivity contribution is 0.0950. The van der Waals surface area contributed by atoms with Crippen LogP contribution in [0.2, 0.25) is 0 Å². The lowest BCUT2D eigenvalue weighted by atomic mass is 10.2. The number of aryl methyl sites for hydroxylation is 2. The Morgan fingerprint density at radius 1 is 1.19 bits per heavy atom. The molecule has 3 rings (SSSR count). The zero-order chi connectivity index (χ0) is 14.8. The van der Waals surface area contributed by atoms with E-state index in [2.05, 4.69) is 5.32 Å². The number of hydrogen-bond acceptors (Lipinski definition) is 4. The summed E-state index contributed by atoms with van der Waals surface area (Å²) in [6, 6.07) is 7.68. The third kappa shape index (κ3) is 3.03. The van der Waals surface area contributed by atoms with E-state index in [-0.39, 0.29) is 5.91 Å². The molecule has 0 aliphatic carbocycles. The van der Waals surface area contributed by atoms with Crippen molar-refractivity contribution in [3.63, 3.8) is 0 Å². The molecule has 1 aliphatic rings. The van der Waals surface area contributed by atoms with E-state index in [1.54, 1.807) is 11.3 Å². The molecule has 4 nitrogen and oxygen atoms in total. The Balaban J connectivity index is 1.67. The highest BCUT2D eigenvalue weighted by molar-refractivity contribution is 7.12. The second-order valence-electron chi connectivity index (χ2n) is 4.99. The zero-order valence-electron chi connectivity index (χ0n) is 12.1. The van der Waals surface area contributed by atoms with Crippen LogP contribution in [-0.4, -0.2) is 19.1 Å². The zero-order valence-corrected chi connectivity index (χ0v) is 12.9. The van der Waals surface area contributed by atoms with Crippen molar-refractivity contribution in [1.82, 2.24) is 5.32 Å². The minimum Gasteiger partial charge on any atom is -0.486 e. The van der Waals surface area contributed by atoms with Crippen LogP contribution in [0.3, 0.4) is 0 Å². The maximum Gasteiger partial charge on any atom is 0.252 e. The van der Waals surface area contributed by atoms with Gasteiger partial charge in [0.25, 0.3) is 5.91 Å². The fourth-order valence-corrected chi connectivity index (χ4v) is 3.25. The summed E-state index contributed by atoms with van der Waals surface area (Å²) >= 11 is 1.64. The third-order valence-corrected chi connectivity index (χ3v) is 4.31. The highest BCUT2D eigenvalue weighted by atomic mass is 32.1. The number of rotatable bonds is 3.